The van der Waals surface area contributed by atoms with Crippen LogP contribution in [0.1, 0.15) is 57.7 Å². The summed E-state index contributed by atoms with van der Waals surface area (Å²) in [6, 6.07) is 4.00. The molecular weight excluding hydrogens is 276 g/mol. The Labute approximate surface area is 132 Å². The fraction of sp³-hybridized carbons (Fsp3) is 0.667. The first-order valence-corrected chi connectivity index (χ1v) is 9.63. The molecular formula is C18H31O2Si. The maximum Gasteiger partial charge on any atom is 0.213 e. The van der Waals surface area contributed by atoms with Crippen molar-refractivity contribution in [2.24, 2.45) is 0 Å². The normalized spacial score (nSPS) is 13.0. The lowest BCUT2D eigenvalue weighted by molar-refractivity contribution is 0.261. The molecule has 0 fully saturated rings. The molecule has 0 amide bonds. The molecule has 0 aromatic heterocycles. The third-order valence-corrected chi connectivity index (χ3v) is 6.99. The largest absolute Gasteiger partial charge is 0.508 e. The zero-order chi connectivity index (χ0) is 16.4. The Hall–Kier alpha value is -0.803. The maximum atomic E-state index is 10.3. The number of rotatable bonds is 5. The highest BCUT2D eigenvalue weighted by Crippen LogP contribution is 2.37. The first kappa shape index (κ1) is 18.2. The number of hydrogen-bond donors (Lipinski definition) is 1. The second kappa shape index (κ2) is 6.53. The summed E-state index contributed by atoms with van der Waals surface area (Å²) in [6.07, 6.45) is 0.919. The van der Waals surface area contributed by atoms with Gasteiger partial charge in [0.05, 0.1) is 0 Å². The van der Waals surface area contributed by atoms with Gasteiger partial charge in [0.15, 0.2) is 0 Å². The maximum absolute atomic E-state index is 10.3. The van der Waals surface area contributed by atoms with Crippen LogP contribution in [0.25, 0.3) is 0 Å². The Kier molecular flexibility index (Phi) is 5.67. The molecule has 0 atom stereocenters. The predicted molar refractivity (Wildman–Crippen MR) is 92.5 cm³/mol. The van der Waals surface area contributed by atoms with E-state index in [-0.39, 0.29) is 10.5 Å². The van der Waals surface area contributed by atoms with Gasteiger partial charge in [0.25, 0.3) is 0 Å². The van der Waals surface area contributed by atoms with Gasteiger partial charge in [-0.1, -0.05) is 40.7 Å². The number of benzene rings is 1. The lowest BCUT2D eigenvalue weighted by Crippen LogP contribution is -2.29. The minimum Gasteiger partial charge on any atom is -0.508 e. The molecule has 0 aliphatic carbocycles. The summed E-state index contributed by atoms with van der Waals surface area (Å²) in [5, 5.41) is 10.6. The number of aromatic hydroxyl groups is 1. The van der Waals surface area contributed by atoms with Crippen LogP contribution in [0.5, 0.6) is 5.75 Å². The molecule has 0 unspecified atom stereocenters. The van der Waals surface area contributed by atoms with Gasteiger partial charge in [0, 0.05) is 12.2 Å². The van der Waals surface area contributed by atoms with Crippen LogP contribution < -0.4 is 0 Å². The van der Waals surface area contributed by atoms with Gasteiger partial charge in [-0.3, -0.25) is 0 Å². The average molecular weight is 308 g/mol. The first-order chi connectivity index (χ1) is 9.45. The summed E-state index contributed by atoms with van der Waals surface area (Å²) in [7, 11) is -0.798. The van der Waals surface area contributed by atoms with Crippen LogP contribution in [-0.4, -0.2) is 20.8 Å². The Morgan fingerprint density at radius 1 is 1.10 bits per heavy atom. The Morgan fingerprint density at radius 2 is 1.67 bits per heavy atom. The third-order valence-electron chi connectivity index (χ3n) is 4.24. The van der Waals surface area contributed by atoms with E-state index in [0.29, 0.717) is 5.75 Å². The number of aryl methyl sites for hydroxylation is 2. The highest BCUT2D eigenvalue weighted by atomic mass is 28.3. The fourth-order valence-corrected chi connectivity index (χ4v) is 3.47. The SMILES string of the molecule is Cc1cc(C)c(C(C)(C)CCO[Si](C)C(C)(C)C)c(O)c1. The minimum absolute atomic E-state index is 0.0815. The molecule has 1 aromatic rings. The van der Waals surface area contributed by atoms with Crippen molar-refractivity contribution in [1.82, 2.24) is 0 Å². The molecule has 0 saturated carbocycles. The molecule has 0 bridgehead atoms. The lowest BCUT2D eigenvalue weighted by atomic mass is 9.78. The molecule has 21 heavy (non-hydrogen) atoms. The number of hydrogen-bond acceptors (Lipinski definition) is 2. The van der Waals surface area contributed by atoms with Crippen molar-refractivity contribution < 1.29 is 9.53 Å². The summed E-state index contributed by atoms with van der Waals surface area (Å²) in [4.78, 5) is 0. The van der Waals surface area contributed by atoms with E-state index in [0.717, 1.165) is 29.7 Å². The van der Waals surface area contributed by atoms with Crippen molar-refractivity contribution in [1.29, 1.82) is 0 Å². The molecule has 119 valence electrons. The summed E-state index contributed by atoms with van der Waals surface area (Å²) < 4.78 is 6.09. The van der Waals surface area contributed by atoms with Gasteiger partial charge >= 0.3 is 0 Å². The standard InChI is InChI=1S/C18H31O2Si/c1-13-11-14(2)16(15(19)12-13)18(6,7)9-10-20-21(8)17(3,4)5/h11-12,19H,9-10H2,1-8H3. The van der Waals surface area contributed by atoms with Crippen LogP contribution in [0.2, 0.25) is 11.6 Å². The van der Waals surface area contributed by atoms with E-state index in [9.17, 15) is 5.11 Å². The fourth-order valence-electron chi connectivity index (χ4n) is 2.63. The van der Waals surface area contributed by atoms with Crippen LogP contribution in [0, 0.1) is 13.8 Å². The van der Waals surface area contributed by atoms with Gasteiger partial charge in [0.1, 0.15) is 5.75 Å². The first-order valence-electron chi connectivity index (χ1n) is 7.72. The third kappa shape index (κ3) is 4.85. The summed E-state index contributed by atoms with van der Waals surface area (Å²) >= 11 is 0. The van der Waals surface area contributed by atoms with E-state index in [4.69, 9.17) is 4.43 Å². The molecule has 0 aliphatic rings. The van der Waals surface area contributed by atoms with E-state index in [1.807, 2.05) is 13.0 Å². The summed E-state index contributed by atoms with van der Waals surface area (Å²) in [6.45, 7) is 18.2. The molecule has 0 heterocycles. The minimum atomic E-state index is -0.798. The highest BCUT2D eigenvalue weighted by molar-refractivity contribution is 6.53. The zero-order valence-corrected chi connectivity index (χ0v) is 15.9. The molecule has 3 heteroatoms. The molecule has 0 saturated heterocycles. The van der Waals surface area contributed by atoms with E-state index in [1.54, 1.807) is 0 Å². The molecule has 2 nitrogen and oxygen atoms in total. The van der Waals surface area contributed by atoms with Crippen molar-refractivity contribution in [2.75, 3.05) is 6.61 Å². The van der Waals surface area contributed by atoms with Gasteiger partial charge < -0.3 is 9.53 Å². The van der Waals surface area contributed by atoms with E-state index in [2.05, 4.69) is 54.2 Å². The van der Waals surface area contributed by atoms with Crippen LogP contribution in [0.3, 0.4) is 0 Å². The van der Waals surface area contributed by atoms with Gasteiger partial charge in [-0.05, 0) is 54.5 Å². The lowest BCUT2D eigenvalue weighted by Gasteiger charge is -2.30. The zero-order valence-electron chi connectivity index (χ0n) is 14.9. The van der Waals surface area contributed by atoms with Crippen molar-refractivity contribution in [3.05, 3.63) is 28.8 Å². The topological polar surface area (TPSA) is 29.5 Å². The van der Waals surface area contributed by atoms with Crippen molar-refractivity contribution in [3.63, 3.8) is 0 Å². The van der Waals surface area contributed by atoms with E-state index >= 15 is 0 Å². The van der Waals surface area contributed by atoms with Gasteiger partial charge in [-0.25, -0.2) is 0 Å². The Bertz CT molecular complexity index is 463. The monoisotopic (exact) mass is 307 g/mol. The molecule has 0 spiro atoms. The quantitative estimate of drug-likeness (QED) is 0.765. The second-order valence-corrected chi connectivity index (χ2v) is 10.7. The molecule has 1 rings (SSSR count). The molecule has 1 aromatic carbocycles. The van der Waals surface area contributed by atoms with Crippen LogP contribution >= 0.6 is 0 Å². The number of phenolic OH excluding ortho intramolecular Hbond substituents is 1. The summed E-state index contributed by atoms with van der Waals surface area (Å²) in [5.41, 5.74) is 3.24. The van der Waals surface area contributed by atoms with E-state index in [1.165, 1.54) is 0 Å². The molecule has 1 N–H and O–H groups in total. The Morgan fingerprint density at radius 3 is 2.14 bits per heavy atom. The van der Waals surface area contributed by atoms with Crippen molar-refractivity contribution >= 4 is 9.04 Å². The van der Waals surface area contributed by atoms with Crippen LogP contribution in [0.15, 0.2) is 12.1 Å². The van der Waals surface area contributed by atoms with Gasteiger partial charge in [-0.15, -0.1) is 0 Å². The van der Waals surface area contributed by atoms with Crippen LogP contribution in [-0.2, 0) is 9.84 Å². The Balaban J connectivity index is 2.79. The molecule has 1 radical (unpaired) electrons. The highest BCUT2D eigenvalue weighted by Gasteiger charge is 2.28. The van der Waals surface area contributed by atoms with E-state index < -0.39 is 9.04 Å². The van der Waals surface area contributed by atoms with Crippen LogP contribution in [0.4, 0.5) is 0 Å². The summed E-state index contributed by atoms with van der Waals surface area (Å²) in [5.74, 6) is 0.412. The average Bonchev–Trinajstić information content (AvgIpc) is 2.24. The van der Waals surface area contributed by atoms with Crippen molar-refractivity contribution in [3.8, 4) is 5.75 Å². The predicted octanol–water partition coefficient (Wildman–Crippen LogP) is 5.11. The van der Waals surface area contributed by atoms with Gasteiger partial charge in [0.2, 0.25) is 9.04 Å². The second-order valence-electron chi connectivity index (χ2n) is 7.76. The molecule has 0 aliphatic heterocycles. The van der Waals surface area contributed by atoms with Crippen molar-refractivity contribution in [2.45, 2.75) is 71.9 Å². The smallest absolute Gasteiger partial charge is 0.213 e. The number of phenols is 1. The van der Waals surface area contributed by atoms with Gasteiger partial charge in [-0.2, -0.15) is 0 Å².